The zero-order valence-corrected chi connectivity index (χ0v) is 14.0. The molecule has 3 nitrogen and oxygen atoms in total. The number of hydrogen-bond acceptors (Lipinski definition) is 4. The van der Waals surface area contributed by atoms with Gasteiger partial charge >= 0.3 is 0 Å². The largest absolute Gasteiger partial charge is 0.383 e. The number of nitrogens with zero attached hydrogens (tertiary/aromatic N) is 2. The fraction of sp³-hybridized carbons (Fsp3) is 0.286. The molecule has 0 aliphatic carbocycles. The number of nitrogen functional groups attached to an aromatic ring is 1. The Bertz CT molecular complexity index is 587. The molecule has 0 bridgehead atoms. The van der Waals surface area contributed by atoms with E-state index in [9.17, 15) is 0 Å². The number of anilines is 1. The molecule has 0 amide bonds. The Morgan fingerprint density at radius 1 is 1.26 bits per heavy atom. The molecular formula is C14H16IN3S. The molecule has 0 atom stereocenters. The molecule has 5 heteroatoms. The van der Waals surface area contributed by atoms with Crippen molar-refractivity contribution in [2.45, 2.75) is 30.9 Å². The first-order valence-corrected chi connectivity index (χ1v) is 8.17. The SMILES string of the molecule is CCc1nc(CSc2ccccc2C)nc(N)c1I. The van der Waals surface area contributed by atoms with Crippen molar-refractivity contribution in [3.8, 4) is 0 Å². The Morgan fingerprint density at radius 3 is 2.68 bits per heavy atom. The van der Waals surface area contributed by atoms with Gasteiger partial charge in [-0.05, 0) is 47.6 Å². The molecule has 0 aliphatic rings. The summed E-state index contributed by atoms with van der Waals surface area (Å²) < 4.78 is 0.977. The molecule has 1 aromatic carbocycles. The summed E-state index contributed by atoms with van der Waals surface area (Å²) in [5.41, 5.74) is 8.24. The van der Waals surface area contributed by atoms with Crippen LogP contribution in [0.25, 0.3) is 0 Å². The number of halogens is 1. The van der Waals surface area contributed by atoms with E-state index in [0.29, 0.717) is 5.82 Å². The summed E-state index contributed by atoms with van der Waals surface area (Å²) in [6.45, 7) is 4.20. The van der Waals surface area contributed by atoms with Gasteiger partial charge in [-0.3, -0.25) is 0 Å². The highest BCUT2D eigenvalue weighted by Gasteiger charge is 2.09. The molecule has 0 radical (unpaired) electrons. The molecule has 2 rings (SSSR count). The Hall–Kier alpha value is -0.820. The highest BCUT2D eigenvalue weighted by Crippen LogP contribution is 2.26. The highest BCUT2D eigenvalue weighted by molar-refractivity contribution is 14.1. The van der Waals surface area contributed by atoms with Gasteiger partial charge in [0.25, 0.3) is 0 Å². The van der Waals surface area contributed by atoms with E-state index in [-0.39, 0.29) is 0 Å². The van der Waals surface area contributed by atoms with E-state index in [0.717, 1.165) is 27.3 Å². The minimum atomic E-state index is 0.591. The number of benzene rings is 1. The first-order valence-electron chi connectivity index (χ1n) is 6.11. The second kappa shape index (κ2) is 6.56. The van der Waals surface area contributed by atoms with Crippen molar-refractivity contribution in [1.82, 2.24) is 9.97 Å². The van der Waals surface area contributed by atoms with Gasteiger partial charge in [0.2, 0.25) is 0 Å². The number of nitrogens with two attached hydrogens (primary N) is 1. The monoisotopic (exact) mass is 385 g/mol. The molecular weight excluding hydrogens is 369 g/mol. The normalized spacial score (nSPS) is 10.7. The van der Waals surface area contributed by atoms with Crippen LogP contribution in [-0.2, 0) is 12.2 Å². The van der Waals surface area contributed by atoms with Crippen molar-refractivity contribution in [3.05, 3.63) is 44.9 Å². The first-order chi connectivity index (χ1) is 9.11. The Kier molecular flexibility index (Phi) is 5.04. The fourth-order valence-corrected chi connectivity index (χ4v) is 3.23. The number of aromatic nitrogens is 2. The van der Waals surface area contributed by atoms with Gasteiger partial charge in [-0.1, -0.05) is 25.1 Å². The quantitative estimate of drug-likeness (QED) is 0.642. The van der Waals surface area contributed by atoms with Crippen molar-refractivity contribution in [2.75, 3.05) is 5.73 Å². The second-order valence-electron chi connectivity index (χ2n) is 4.19. The lowest BCUT2D eigenvalue weighted by atomic mass is 10.2. The smallest absolute Gasteiger partial charge is 0.141 e. The van der Waals surface area contributed by atoms with E-state index in [4.69, 9.17) is 5.73 Å². The van der Waals surface area contributed by atoms with Gasteiger partial charge in [-0.2, -0.15) is 0 Å². The van der Waals surface area contributed by atoms with Crippen LogP contribution >= 0.6 is 34.4 Å². The van der Waals surface area contributed by atoms with E-state index in [1.54, 1.807) is 11.8 Å². The molecule has 2 N–H and O–H groups in total. The van der Waals surface area contributed by atoms with Crippen molar-refractivity contribution < 1.29 is 0 Å². The number of thioether (sulfide) groups is 1. The average Bonchev–Trinajstić information content (AvgIpc) is 2.41. The molecule has 100 valence electrons. The van der Waals surface area contributed by atoms with Gasteiger partial charge in [-0.15, -0.1) is 11.8 Å². The summed E-state index contributed by atoms with van der Waals surface area (Å²) in [6.07, 6.45) is 0.882. The van der Waals surface area contributed by atoms with Crippen LogP contribution in [0.2, 0.25) is 0 Å². The summed E-state index contributed by atoms with van der Waals surface area (Å²) in [5, 5.41) is 0. The van der Waals surface area contributed by atoms with Crippen LogP contribution in [-0.4, -0.2) is 9.97 Å². The summed E-state index contributed by atoms with van der Waals surface area (Å²) in [7, 11) is 0. The predicted molar refractivity (Wildman–Crippen MR) is 89.3 cm³/mol. The minimum absolute atomic E-state index is 0.591. The van der Waals surface area contributed by atoms with Crippen LogP contribution in [0.3, 0.4) is 0 Å². The lowest BCUT2D eigenvalue weighted by Crippen LogP contribution is -2.06. The van der Waals surface area contributed by atoms with Crippen molar-refractivity contribution in [2.24, 2.45) is 0 Å². The number of aryl methyl sites for hydroxylation is 2. The molecule has 0 fully saturated rings. The molecule has 1 aromatic heterocycles. The van der Waals surface area contributed by atoms with Crippen LogP contribution in [0.4, 0.5) is 5.82 Å². The van der Waals surface area contributed by atoms with Gasteiger partial charge in [0.15, 0.2) is 0 Å². The van der Waals surface area contributed by atoms with Crippen LogP contribution in [0.15, 0.2) is 29.2 Å². The van der Waals surface area contributed by atoms with Gasteiger partial charge in [-0.25, -0.2) is 9.97 Å². The van der Waals surface area contributed by atoms with E-state index in [1.165, 1.54) is 10.5 Å². The van der Waals surface area contributed by atoms with Gasteiger partial charge in [0.05, 0.1) is 15.0 Å². The Balaban J connectivity index is 2.16. The summed E-state index contributed by atoms with van der Waals surface area (Å²) >= 11 is 3.96. The van der Waals surface area contributed by atoms with Crippen molar-refractivity contribution in [1.29, 1.82) is 0 Å². The summed E-state index contributed by atoms with van der Waals surface area (Å²) in [4.78, 5) is 10.2. The second-order valence-corrected chi connectivity index (χ2v) is 6.29. The lowest BCUT2D eigenvalue weighted by Gasteiger charge is -2.08. The Labute approximate surface area is 131 Å². The molecule has 0 spiro atoms. The molecule has 0 aliphatic heterocycles. The number of hydrogen-bond donors (Lipinski definition) is 1. The van der Waals surface area contributed by atoms with E-state index in [1.807, 2.05) is 6.07 Å². The van der Waals surface area contributed by atoms with Crippen LogP contribution < -0.4 is 5.73 Å². The predicted octanol–water partition coefficient (Wildman–Crippen LogP) is 3.83. The average molecular weight is 385 g/mol. The first kappa shape index (κ1) is 14.6. The third kappa shape index (κ3) is 3.60. The Morgan fingerprint density at radius 2 is 2.00 bits per heavy atom. The third-order valence-corrected chi connectivity index (χ3v) is 5.12. The van der Waals surface area contributed by atoms with Crippen molar-refractivity contribution >= 4 is 40.2 Å². The molecule has 0 unspecified atom stereocenters. The molecule has 19 heavy (non-hydrogen) atoms. The van der Waals surface area contributed by atoms with Gasteiger partial charge in [0.1, 0.15) is 11.6 Å². The van der Waals surface area contributed by atoms with Crippen LogP contribution in [0.5, 0.6) is 0 Å². The van der Waals surface area contributed by atoms with Crippen LogP contribution in [0, 0.1) is 10.5 Å². The van der Waals surface area contributed by atoms with Crippen LogP contribution in [0.1, 0.15) is 24.0 Å². The maximum Gasteiger partial charge on any atom is 0.141 e. The van der Waals surface area contributed by atoms with E-state index < -0.39 is 0 Å². The highest BCUT2D eigenvalue weighted by atomic mass is 127. The minimum Gasteiger partial charge on any atom is -0.383 e. The zero-order valence-electron chi connectivity index (χ0n) is 11.0. The summed E-state index contributed by atoms with van der Waals surface area (Å²) in [5.74, 6) is 2.15. The molecule has 1 heterocycles. The van der Waals surface area contributed by atoms with E-state index in [2.05, 4.69) is 64.6 Å². The number of rotatable bonds is 4. The van der Waals surface area contributed by atoms with Crippen molar-refractivity contribution in [3.63, 3.8) is 0 Å². The maximum absolute atomic E-state index is 5.93. The van der Waals surface area contributed by atoms with Gasteiger partial charge in [0, 0.05) is 4.90 Å². The standard InChI is InChI=1S/C14H16IN3S/c1-3-10-13(15)14(16)18-12(17-10)8-19-11-7-5-4-6-9(11)2/h4-7H,3,8H2,1-2H3,(H2,16,17,18). The van der Waals surface area contributed by atoms with E-state index >= 15 is 0 Å². The summed E-state index contributed by atoms with van der Waals surface area (Å²) in [6, 6.07) is 8.34. The van der Waals surface area contributed by atoms with Gasteiger partial charge < -0.3 is 5.73 Å². The molecule has 2 aromatic rings. The zero-order chi connectivity index (χ0) is 13.8. The third-order valence-electron chi connectivity index (χ3n) is 2.78. The molecule has 0 saturated carbocycles. The topological polar surface area (TPSA) is 51.8 Å². The lowest BCUT2D eigenvalue weighted by molar-refractivity contribution is 0.933. The maximum atomic E-state index is 5.93. The molecule has 0 saturated heterocycles. The fourth-order valence-electron chi connectivity index (χ4n) is 1.73.